The molecule has 0 spiro atoms. The second kappa shape index (κ2) is 4.26. The molecule has 17 heavy (non-hydrogen) atoms. The lowest BCUT2D eigenvalue weighted by Gasteiger charge is -2.22. The van der Waals surface area contributed by atoms with Crippen molar-refractivity contribution in [2.45, 2.75) is 32.2 Å². The molecule has 0 amide bonds. The van der Waals surface area contributed by atoms with Gasteiger partial charge in [-0.1, -0.05) is 13.0 Å². The van der Waals surface area contributed by atoms with Gasteiger partial charge in [0.05, 0.1) is 5.69 Å². The number of fused-ring (bicyclic) bond motifs is 1. The fourth-order valence-corrected chi connectivity index (χ4v) is 3.29. The van der Waals surface area contributed by atoms with Crippen LogP contribution in [-0.2, 0) is 6.54 Å². The van der Waals surface area contributed by atoms with Crippen LogP contribution in [0.4, 0.5) is 0 Å². The maximum Gasteiger partial charge on any atom is 0.160 e. The van der Waals surface area contributed by atoms with E-state index in [0.717, 1.165) is 22.7 Å². The summed E-state index contributed by atoms with van der Waals surface area (Å²) in [7, 11) is 0. The second-order valence-electron chi connectivity index (χ2n) is 4.52. The summed E-state index contributed by atoms with van der Waals surface area (Å²) in [5, 5.41) is 0. The van der Waals surface area contributed by atoms with Gasteiger partial charge in [0.25, 0.3) is 0 Å². The number of imidazole rings is 1. The van der Waals surface area contributed by atoms with E-state index in [4.69, 9.17) is 0 Å². The van der Waals surface area contributed by atoms with Gasteiger partial charge in [-0.25, -0.2) is 4.98 Å². The van der Waals surface area contributed by atoms with Crippen LogP contribution in [-0.4, -0.2) is 14.5 Å². The van der Waals surface area contributed by atoms with Gasteiger partial charge in [-0.3, -0.25) is 4.98 Å². The molecule has 1 aliphatic heterocycles. The van der Waals surface area contributed by atoms with Crippen LogP contribution in [0.5, 0.6) is 0 Å². The first-order valence-electron chi connectivity index (χ1n) is 5.94. The van der Waals surface area contributed by atoms with Gasteiger partial charge in [-0.2, -0.15) is 0 Å². The van der Waals surface area contributed by atoms with E-state index in [-0.39, 0.29) is 0 Å². The Balaban J connectivity index is 2.17. The summed E-state index contributed by atoms with van der Waals surface area (Å²) in [5.74, 6) is 1.56. The molecule has 1 atom stereocenters. The van der Waals surface area contributed by atoms with Crippen molar-refractivity contribution in [1.82, 2.24) is 14.5 Å². The molecule has 88 valence electrons. The van der Waals surface area contributed by atoms with E-state index in [9.17, 15) is 0 Å². The van der Waals surface area contributed by atoms with Gasteiger partial charge >= 0.3 is 0 Å². The Morgan fingerprint density at radius 2 is 2.29 bits per heavy atom. The summed E-state index contributed by atoms with van der Waals surface area (Å²) in [6.07, 6.45) is 4.28. The first kappa shape index (κ1) is 11.0. The zero-order chi connectivity index (χ0) is 11.8. The standard InChI is InChI=1S/C13H14BrN3/c1-9-5-4-8-17-11(9)12(14)16-13(17)10-6-2-3-7-15-10/h2-3,6-7,9H,4-5,8H2,1H3. The molecule has 3 rings (SSSR count). The highest BCUT2D eigenvalue weighted by Crippen LogP contribution is 2.35. The van der Waals surface area contributed by atoms with E-state index in [1.54, 1.807) is 0 Å². The smallest absolute Gasteiger partial charge is 0.160 e. The van der Waals surface area contributed by atoms with Crippen LogP contribution in [0.2, 0.25) is 0 Å². The molecule has 2 aromatic rings. The highest BCUT2D eigenvalue weighted by atomic mass is 79.9. The lowest BCUT2D eigenvalue weighted by atomic mass is 9.99. The van der Waals surface area contributed by atoms with Crippen LogP contribution in [0.3, 0.4) is 0 Å². The van der Waals surface area contributed by atoms with Crippen LogP contribution in [0.15, 0.2) is 29.0 Å². The average Bonchev–Trinajstić information content (AvgIpc) is 2.69. The van der Waals surface area contributed by atoms with Crippen molar-refractivity contribution in [2.24, 2.45) is 0 Å². The maximum absolute atomic E-state index is 4.63. The van der Waals surface area contributed by atoms with E-state index in [1.807, 2.05) is 24.4 Å². The van der Waals surface area contributed by atoms with Gasteiger partial charge in [-0.15, -0.1) is 0 Å². The molecule has 4 heteroatoms. The molecule has 0 radical (unpaired) electrons. The summed E-state index contributed by atoms with van der Waals surface area (Å²) < 4.78 is 3.28. The summed E-state index contributed by atoms with van der Waals surface area (Å²) in [6, 6.07) is 5.95. The van der Waals surface area contributed by atoms with Crippen molar-refractivity contribution in [3.63, 3.8) is 0 Å². The Hall–Kier alpha value is -1.16. The molecule has 0 N–H and O–H groups in total. The van der Waals surface area contributed by atoms with Crippen molar-refractivity contribution in [1.29, 1.82) is 0 Å². The Morgan fingerprint density at radius 3 is 3.06 bits per heavy atom. The van der Waals surface area contributed by atoms with Crippen LogP contribution in [0, 0.1) is 0 Å². The Morgan fingerprint density at radius 1 is 1.41 bits per heavy atom. The minimum absolute atomic E-state index is 0.572. The fourth-order valence-electron chi connectivity index (χ4n) is 2.51. The molecule has 0 bridgehead atoms. The van der Waals surface area contributed by atoms with Crippen molar-refractivity contribution >= 4 is 15.9 Å². The minimum atomic E-state index is 0.572. The number of halogens is 1. The van der Waals surface area contributed by atoms with Gasteiger partial charge in [0.2, 0.25) is 0 Å². The summed E-state index contributed by atoms with van der Waals surface area (Å²) in [6.45, 7) is 3.31. The van der Waals surface area contributed by atoms with Crippen molar-refractivity contribution < 1.29 is 0 Å². The molecule has 2 aromatic heterocycles. The number of rotatable bonds is 1. The summed E-state index contributed by atoms with van der Waals surface area (Å²) in [4.78, 5) is 9.02. The Bertz CT molecular complexity index is 533. The molecule has 0 aliphatic carbocycles. The minimum Gasteiger partial charge on any atom is -0.325 e. The first-order chi connectivity index (χ1) is 8.27. The molecule has 0 saturated heterocycles. The summed E-state index contributed by atoms with van der Waals surface area (Å²) >= 11 is 3.58. The van der Waals surface area contributed by atoms with Gasteiger partial charge in [0.1, 0.15) is 10.3 Å². The van der Waals surface area contributed by atoms with Gasteiger partial charge in [-0.05, 0) is 46.8 Å². The van der Waals surface area contributed by atoms with E-state index in [0.29, 0.717) is 5.92 Å². The third-order valence-corrected chi connectivity index (χ3v) is 3.93. The number of aromatic nitrogens is 3. The van der Waals surface area contributed by atoms with Gasteiger partial charge in [0, 0.05) is 12.7 Å². The van der Waals surface area contributed by atoms with Gasteiger partial charge in [0.15, 0.2) is 5.82 Å². The molecule has 0 fully saturated rings. The van der Waals surface area contributed by atoms with E-state index >= 15 is 0 Å². The largest absolute Gasteiger partial charge is 0.325 e. The number of hydrogen-bond donors (Lipinski definition) is 0. The van der Waals surface area contributed by atoms with Crippen LogP contribution >= 0.6 is 15.9 Å². The van der Waals surface area contributed by atoms with E-state index in [1.165, 1.54) is 18.5 Å². The molecule has 1 unspecified atom stereocenters. The van der Waals surface area contributed by atoms with E-state index < -0.39 is 0 Å². The molecule has 1 aliphatic rings. The highest BCUT2D eigenvalue weighted by molar-refractivity contribution is 9.10. The van der Waals surface area contributed by atoms with E-state index in [2.05, 4.69) is 37.4 Å². The van der Waals surface area contributed by atoms with Gasteiger partial charge < -0.3 is 4.57 Å². The maximum atomic E-state index is 4.63. The monoisotopic (exact) mass is 291 g/mol. The number of nitrogens with zero attached hydrogens (tertiary/aromatic N) is 3. The molecular weight excluding hydrogens is 278 g/mol. The second-order valence-corrected chi connectivity index (χ2v) is 5.27. The Kier molecular flexibility index (Phi) is 2.74. The SMILES string of the molecule is CC1CCCn2c(-c3ccccn3)nc(Br)c21. The molecule has 0 saturated carbocycles. The highest BCUT2D eigenvalue weighted by Gasteiger charge is 2.24. The summed E-state index contributed by atoms with van der Waals surface area (Å²) in [5.41, 5.74) is 2.27. The fraction of sp³-hybridized carbons (Fsp3) is 0.385. The van der Waals surface area contributed by atoms with Crippen LogP contribution < -0.4 is 0 Å². The molecule has 0 aromatic carbocycles. The number of hydrogen-bond acceptors (Lipinski definition) is 2. The zero-order valence-electron chi connectivity index (χ0n) is 9.73. The van der Waals surface area contributed by atoms with Crippen molar-refractivity contribution in [2.75, 3.05) is 0 Å². The quantitative estimate of drug-likeness (QED) is 0.804. The predicted molar refractivity (Wildman–Crippen MR) is 70.8 cm³/mol. The zero-order valence-corrected chi connectivity index (χ0v) is 11.3. The lowest BCUT2D eigenvalue weighted by molar-refractivity contribution is 0.476. The first-order valence-corrected chi connectivity index (χ1v) is 6.74. The molecule has 3 heterocycles. The lowest BCUT2D eigenvalue weighted by Crippen LogP contribution is -2.14. The average molecular weight is 292 g/mol. The number of pyridine rings is 1. The van der Waals surface area contributed by atoms with Crippen molar-refractivity contribution in [3.8, 4) is 11.5 Å². The Labute approximate surface area is 109 Å². The van der Waals surface area contributed by atoms with Crippen LogP contribution in [0.25, 0.3) is 11.5 Å². The molecule has 3 nitrogen and oxygen atoms in total. The molecular formula is C13H14BrN3. The van der Waals surface area contributed by atoms with Crippen molar-refractivity contribution in [3.05, 3.63) is 34.7 Å². The third kappa shape index (κ3) is 1.80. The van der Waals surface area contributed by atoms with Crippen LogP contribution in [0.1, 0.15) is 31.4 Å². The third-order valence-electron chi connectivity index (χ3n) is 3.34. The predicted octanol–water partition coefficient (Wildman–Crippen LogP) is 3.60. The normalized spacial score (nSPS) is 19.1. The topological polar surface area (TPSA) is 30.7 Å².